The second-order valence-electron chi connectivity index (χ2n) is 6.74. The van der Waals surface area contributed by atoms with Gasteiger partial charge in [-0.2, -0.15) is 0 Å². The van der Waals surface area contributed by atoms with Gasteiger partial charge in [0.05, 0.1) is 11.6 Å². The number of pyridine rings is 1. The molecule has 1 amide bonds. The largest absolute Gasteiger partial charge is 0.507 e. The third-order valence-electron chi connectivity index (χ3n) is 4.99. The van der Waals surface area contributed by atoms with Crippen LogP contribution in [0.2, 0.25) is 0 Å². The number of carbonyl (C=O) groups excluding carboxylic acids is 2. The summed E-state index contributed by atoms with van der Waals surface area (Å²) >= 11 is 0. The first kappa shape index (κ1) is 18.6. The Morgan fingerprint density at radius 1 is 1.00 bits per heavy atom. The molecule has 1 N–H and O–H groups in total. The van der Waals surface area contributed by atoms with E-state index in [1.165, 1.54) is 41.6 Å². The fraction of sp³-hybridized carbons (Fsp3) is 0.0870. The van der Waals surface area contributed by atoms with Gasteiger partial charge in [0.15, 0.2) is 0 Å². The van der Waals surface area contributed by atoms with Gasteiger partial charge in [-0.1, -0.05) is 24.3 Å². The molecule has 1 aliphatic rings. The predicted octanol–water partition coefficient (Wildman–Crippen LogP) is 4.16. The summed E-state index contributed by atoms with van der Waals surface area (Å²) in [5, 5.41) is 10.9. The van der Waals surface area contributed by atoms with E-state index in [1.54, 1.807) is 18.2 Å². The van der Waals surface area contributed by atoms with E-state index in [4.69, 9.17) is 0 Å². The summed E-state index contributed by atoms with van der Waals surface area (Å²) in [7, 11) is 0. The van der Waals surface area contributed by atoms with Crippen molar-refractivity contribution in [1.29, 1.82) is 0 Å². The number of carbonyl (C=O) groups is 2. The summed E-state index contributed by atoms with van der Waals surface area (Å²) in [6, 6.07) is 15.0. The molecule has 4 rings (SSSR count). The highest BCUT2D eigenvalue weighted by Crippen LogP contribution is 2.42. The molecule has 1 aliphatic heterocycles. The molecular formula is C23H17FN2O3. The Morgan fingerprint density at radius 2 is 1.66 bits per heavy atom. The molecule has 1 fully saturated rings. The monoisotopic (exact) mass is 388 g/mol. The number of anilines is 1. The highest BCUT2D eigenvalue weighted by atomic mass is 19.1. The van der Waals surface area contributed by atoms with Crippen molar-refractivity contribution in [2.45, 2.75) is 13.0 Å². The molecule has 0 aliphatic carbocycles. The van der Waals surface area contributed by atoms with Gasteiger partial charge >= 0.3 is 0 Å². The van der Waals surface area contributed by atoms with Crippen LogP contribution >= 0.6 is 0 Å². The molecule has 5 nitrogen and oxygen atoms in total. The van der Waals surface area contributed by atoms with Crippen LogP contribution in [0.15, 0.2) is 78.6 Å². The van der Waals surface area contributed by atoms with Crippen molar-refractivity contribution in [2.24, 2.45) is 0 Å². The van der Waals surface area contributed by atoms with Gasteiger partial charge in [0, 0.05) is 23.6 Å². The average Bonchev–Trinajstić information content (AvgIpc) is 3.00. The van der Waals surface area contributed by atoms with Gasteiger partial charge in [-0.25, -0.2) is 4.39 Å². The topological polar surface area (TPSA) is 70.5 Å². The Morgan fingerprint density at radius 3 is 2.31 bits per heavy atom. The molecule has 0 spiro atoms. The lowest BCUT2D eigenvalue weighted by atomic mass is 9.92. The number of ketones is 1. The molecule has 3 aromatic rings. The van der Waals surface area contributed by atoms with Crippen LogP contribution in [0.3, 0.4) is 0 Å². The number of rotatable bonds is 3. The van der Waals surface area contributed by atoms with E-state index in [0.29, 0.717) is 16.8 Å². The summed E-state index contributed by atoms with van der Waals surface area (Å²) in [5.41, 5.74) is 2.30. The molecule has 1 aromatic heterocycles. The number of amides is 1. The van der Waals surface area contributed by atoms with E-state index in [0.717, 1.165) is 5.56 Å². The van der Waals surface area contributed by atoms with Gasteiger partial charge in [0.25, 0.3) is 11.7 Å². The van der Waals surface area contributed by atoms with Crippen molar-refractivity contribution >= 4 is 23.1 Å². The van der Waals surface area contributed by atoms with Crippen LogP contribution in [-0.2, 0) is 9.59 Å². The fourth-order valence-corrected chi connectivity index (χ4v) is 3.55. The van der Waals surface area contributed by atoms with Crippen LogP contribution in [0.4, 0.5) is 10.1 Å². The third-order valence-corrected chi connectivity index (χ3v) is 4.99. The zero-order valence-electron chi connectivity index (χ0n) is 15.5. The van der Waals surface area contributed by atoms with Crippen LogP contribution < -0.4 is 4.90 Å². The van der Waals surface area contributed by atoms with Gasteiger partial charge in [-0.3, -0.25) is 19.5 Å². The fourth-order valence-electron chi connectivity index (χ4n) is 3.55. The first-order valence-electron chi connectivity index (χ1n) is 9.01. The quantitative estimate of drug-likeness (QED) is 0.416. The SMILES string of the molecule is Cc1ccccc1C1/C(=C(/O)c2ccncc2)C(=O)C(=O)N1c1ccc(F)cc1. The van der Waals surface area contributed by atoms with Gasteiger partial charge in [-0.15, -0.1) is 0 Å². The number of aliphatic hydroxyl groups excluding tert-OH is 1. The summed E-state index contributed by atoms with van der Waals surface area (Å²) in [5.74, 6) is -2.30. The number of halogens is 1. The second-order valence-corrected chi connectivity index (χ2v) is 6.74. The van der Waals surface area contributed by atoms with Crippen molar-refractivity contribution in [1.82, 2.24) is 4.98 Å². The first-order valence-corrected chi connectivity index (χ1v) is 9.01. The number of aliphatic hydroxyl groups is 1. The minimum absolute atomic E-state index is 0.0141. The number of benzene rings is 2. The molecule has 1 atom stereocenters. The van der Waals surface area contributed by atoms with Gasteiger partial charge in [0.1, 0.15) is 11.6 Å². The van der Waals surface area contributed by atoms with Crippen LogP contribution in [0.5, 0.6) is 0 Å². The van der Waals surface area contributed by atoms with E-state index in [9.17, 15) is 19.1 Å². The standard InChI is InChI=1S/C23H17FN2O3/c1-14-4-2-3-5-18(14)20-19(21(27)15-10-12-25-13-11-15)22(28)23(29)26(20)17-8-6-16(24)7-9-17/h2-13,20,27H,1H3/b21-19-. The lowest BCUT2D eigenvalue weighted by molar-refractivity contribution is -0.132. The highest BCUT2D eigenvalue weighted by Gasteiger charge is 2.47. The molecule has 0 saturated carbocycles. The number of Topliss-reactive ketones (excluding diaryl/α,β-unsaturated/α-hetero) is 1. The van der Waals surface area contributed by atoms with Crippen molar-refractivity contribution in [2.75, 3.05) is 4.90 Å². The molecule has 1 saturated heterocycles. The molecule has 6 heteroatoms. The van der Waals surface area contributed by atoms with E-state index in [2.05, 4.69) is 4.98 Å². The molecule has 1 unspecified atom stereocenters. The van der Waals surface area contributed by atoms with Crippen LogP contribution in [0, 0.1) is 12.7 Å². The van der Waals surface area contributed by atoms with Crippen molar-refractivity contribution in [3.8, 4) is 0 Å². The van der Waals surface area contributed by atoms with Crippen molar-refractivity contribution in [3.63, 3.8) is 0 Å². The first-order chi connectivity index (χ1) is 14.0. The zero-order chi connectivity index (χ0) is 20.5. The smallest absolute Gasteiger partial charge is 0.300 e. The van der Waals surface area contributed by atoms with Crippen LogP contribution in [0.1, 0.15) is 22.7 Å². The molecule has 144 valence electrons. The van der Waals surface area contributed by atoms with E-state index >= 15 is 0 Å². The van der Waals surface area contributed by atoms with Crippen LogP contribution in [-0.4, -0.2) is 21.8 Å². The normalized spacial score (nSPS) is 18.3. The van der Waals surface area contributed by atoms with E-state index in [-0.39, 0.29) is 11.3 Å². The molecule has 2 aromatic carbocycles. The number of hydrogen-bond acceptors (Lipinski definition) is 4. The minimum atomic E-state index is -0.838. The Labute approximate surface area is 166 Å². The Kier molecular flexibility index (Phi) is 4.68. The lowest BCUT2D eigenvalue weighted by Crippen LogP contribution is -2.29. The molecule has 29 heavy (non-hydrogen) atoms. The van der Waals surface area contributed by atoms with E-state index < -0.39 is 23.5 Å². The number of hydrogen-bond donors (Lipinski definition) is 1. The molecule has 0 radical (unpaired) electrons. The lowest BCUT2D eigenvalue weighted by Gasteiger charge is -2.26. The Balaban J connectivity index is 1.97. The number of aryl methyl sites for hydroxylation is 1. The summed E-state index contributed by atoms with van der Waals surface area (Å²) in [4.78, 5) is 31.1. The van der Waals surface area contributed by atoms with Gasteiger partial charge in [-0.05, 0) is 54.4 Å². The predicted molar refractivity (Wildman–Crippen MR) is 107 cm³/mol. The minimum Gasteiger partial charge on any atom is -0.507 e. The molecule has 0 bridgehead atoms. The van der Waals surface area contributed by atoms with Crippen LogP contribution in [0.25, 0.3) is 5.76 Å². The maximum Gasteiger partial charge on any atom is 0.300 e. The second kappa shape index (κ2) is 7.31. The maximum absolute atomic E-state index is 13.4. The van der Waals surface area contributed by atoms with Crippen molar-refractivity contribution < 1.29 is 19.1 Å². The van der Waals surface area contributed by atoms with Gasteiger partial charge in [0.2, 0.25) is 0 Å². The summed E-state index contributed by atoms with van der Waals surface area (Å²) in [6.45, 7) is 1.87. The number of nitrogens with zero attached hydrogens (tertiary/aromatic N) is 2. The maximum atomic E-state index is 13.4. The zero-order valence-corrected chi connectivity index (χ0v) is 15.5. The highest BCUT2D eigenvalue weighted by molar-refractivity contribution is 6.51. The molecular weight excluding hydrogens is 371 g/mol. The Hall–Kier alpha value is -3.80. The summed E-state index contributed by atoms with van der Waals surface area (Å²) in [6.07, 6.45) is 2.99. The van der Waals surface area contributed by atoms with Crippen molar-refractivity contribution in [3.05, 3.63) is 101 Å². The number of aromatic nitrogens is 1. The van der Waals surface area contributed by atoms with E-state index in [1.807, 2.05) is 25.1 Å². The Bertz CT molecular complexity index is 1120. The average molecular weight is 388 g/mol. The van der Waals surface area contributed by atoms with Gasteiger partial charge < -0.3 is 5.11 Å². The molecule has 2 heterocycles. The third kappa shape index (κ3) is 3.18. The summed E-state index contributed by atoms with van der Waals surface area (Å²) < 4.78 is 13.4.